The summed E-state index contributed by atoms with van der Waals surface area (Å²) >= 11 is 6.14. The molecule has 2 heterocycles. The molecule has 0 radical (unpaired) electrons. The lowest BCUT2D eigenvalue weighted by Crippen LogP contribution is -2.53. The smallest absolute Gasteiger partial charge is 0.288 e. The number of rotatable bonds is 6. The summed E-state index contributed by atoms with van der Waals surface area (Å²) in [6.45, 7) is 0. The molecule has 4 aromatic rings. The van der Waals surface area contributed by atoms with Crippen molar-refractivity contribution in [3.05, 3.63) is 101 Å². The second-order valence-electron chi connectivity index (χ2n) is 7.23. The number of halogens is 1. The normalized spacial score (nSPS) is 11.5. The van der Waals surface area contributed by atoms with Crippen molar-refractivity contribution in [3.8, 4) is 0 Å². The van der Waals surface area contributed by atoms with Crippen LogP contribution in [0.15, 0.2) is 79.1 Å². The summed E-state index contributed by atoms with van der Waals surface area (Å²) in [6.07, 6.45) is 3.45. The number of nitrogens with one attached hydrogen (secondary N) is 4. The van der Waals surface area contributed by atoms with Gasteiger partial charge in [-0.15, -0.1) is 0 Å². The molecule has 33 heavy (non-hydrogen) atoms. The molecule has 0 saturated carbocycles. The van der Waals surface area contributed by atoms with Gasteiger partial charge in [0, 0.05) is 29.7 Å². The fourth-order valence-corrected chi connectivity index (χ4v) is 3.60. The fraction of sp³-hybridized carbons (Fsp3) is 0.0833. The third kappa shape index (κ3) is 5.19. The first-order valence-corrected chi connectivity index (χ1v) is 10.5. The van der Waals surface area contributed by atoms with Gasteiger partial charge in [0.1, 0.15) is 11.7 Å². The topological polar surface area (TPSA) is 116 Å². The van der Waals surface area contributed by atoms with Crippen LogP contribution in [0.25, 0.3) is 10.9 Å². The van der Waals surface area contributed by atoms with Crippen LogP contribution in [-0.4, -0.2) is 33.7 Å². The highest BCUT2D eigenvalue weighted by Crippen LogP contribution is 2.20. The van der Waals surface area contributed by atoms with Crippen LogP contribution in [0.1, 0.15) is 26.4 Å². The molecular weight excluding hydrogens is 442 g/mol. The van der Waals surface area contributed by atoms with Crippen LogP contribution in [-0.2, 0) is 11.2 Å². The van der Waals surface area contributed by atoms with Gasteiger partial charge < -0.3 is 10.3 Å². The number of hydrogen-bond acceptors (Lipinski definition) is 4. The van der Waals surface area contributed by atoms with Crippen LogP contribution in [0.5, 0.6) is 0 Å². The molecule has 1 atom stereocenters. The number of hydrogen-bond donors (Lipinski definition) is 4. The Labute approximate surface area is 194 Å². The number of pyridine rings is 1. The van der Waals surface area contributed by atoms with Gasteiger partial charge >= 0.3 is 0 Å². The lowest BCUT2D eigenvalue weighted by molar-refractivity contribution is -0.123. The first-order chi connectivity index (χ1) is 16.0. The van der Waals surface area contributed by atoms with Crippen molar-refractivity contribution in [2.45, 2.75) is 12.5 Å². The third-order valence-electron chi connectivity index (χ3n) is 5.04. The minimum absolute atomic E-state index is 0.145. The van der Waals surface area contributed by atoms with Crippen molar-refractivity contribution in [2.75, 3.05) is 0 Å². The Kier molecular flexibility index (Phi) is 6.66. The van der Waals surface area contributed by atoms with E-state index in [0.717, 1.165) is 16.5 Å². The molecule has 2 aromatic carbocycles. The predicted octanol–water partition coefficient (Wildman–Crippen LogP) is 3.02. The van der Waals surface area contributed by atoms with E-state index in [1.165, 1.54) is 12.3 Å². The average Bonchev–Trinajstić information content (AvgIpc) is 3.25. The summed E-state index contributed by atoms with van der Waals surface area (Å²) in [5.74, 6) is -1.67. The van der Waals surface area contributed by atoms with Gasteiger partial charge in [-0.3, -0.25) is 30.2 Å². The summed E-state index contributed by atoms with van der Waals surface area (Å²) in [6, 6.07) is 18.1. The van der Waals surface area contributed by atoms with Gasteiger partial charge in [0.15, 0.2) is 0 Å². The van der Waals surface area contributed by atoms with E-state index < -0.39 is 23.8 Å². The van der Waals surface area contributed by atoms with Gasteiger partial charge in [-0.05, 0) is 35.9 Å². The Morgan fingerprint density at radius 3 is 2.45 bits per heavy atom. The minimum atomic E-state index is -0.989. The summed E-state index contributed by atoms with van der Waals surface area (Å²) in [7, 11) is 0. The van der Waals surface area contributed by atoms with Crippen LogP contribution in [0.2, 0.25) is 5.02 Å². The molecule has 0 spiro atoms. The quantitative estimate of drug-likeness (QED) is 0.330. The Balaban J connectivity index is 1.53. The zero-order valence-electron chi connectivity index (χ0n) is 17.3. The molecular formula is C24H20ClN5O3. The number of para-hydroxylation sites is 1. The monoisotopic (exact) mass is 461 g/mol. The Bertz CT molecular complexity index is 1310. The molecule has 0 fully saturated rings. The number of amides is 3. The van der Waals surface area contributed by atoms with Crippen LogP contribution < -0.4 is 16.2 Å². The molecule has 166 valence electrons. The molecule has 0 unspecified atom stereocenters. The highest BCUT2D eigenvalue weighted by Gasteiger charge is 2.24. The van der Waals surface area contributed by atoms with E-state index in [1.54, 1.807) is 42.6 Å². The van der Waals surface area contributed by atoms with Crippen LogP contribution in [0.4, 0.5) is 0 Å². The molecule has 0 aliphatic carbocycles. The Morgan fingerprint density at radius 1 is 0.909 bits per heavy atom. The van der Waals surface area contributed by atoms with Crippen molar-refractivity contribution in [2.24, 2.45) is 0 Å². The summed E-state index contributed by atoms with van der Waals surface area (Å²) in [5, 5.41) is 3.92. The molecule has 0 aliphatic heterocycles. The largest absolute Gasteiger partial charge is 0.361 e. The van der Waals surface area contributed by atoms with E-state index in [1.807, 2.05) is 24.3 Å². The van der Waals surface area contributed by atoms with E-state index >= 15 is 0 Å². The van der Waals surface area contributed by atoms with Crippen LogP contribution in [0, 0.1) is 0 Å². The van der Waals surface area contributed by atoms with Crippen molar-refractivity contribution in [1.82, 2.24) is 26.1 Å². The molecule has 0 saturated heterocycles. The maximum absolute atomic E-state index is 13.0. The second kappa shape index (κ2) is 9.97. The van der Waals surface area contributed by atoms with E-state index in [0.29, 0.717) is 0 Å². The third-order valence-corrected chi connectivity index (χ3v) is 5.37. The van der Waals surface area contributed by atoms with Crippen LogP contribution in [0.3, 0.4) is 0 Å². The number of carbonyl (C=O) groups is 3. The molecule has 4 N–H and O–H groups in total. The van der Waals surface area contributed by atoms with Gasteiger partial charge in [0.2, 0.25) is 0 Å². The molecule has 0 aliphatic rings. The van der Waals surface area contributed by atoms with Crippen molar-refractivity contribution < 1.29 is 14.4 Å². The van der Waals surface area contributed by atoms with Gasteiger partial charge in [-0.1, -0.05) is 48.0 Å². The minimum Gasteiger partial charge on any atom is -0.361 e. The van der Waals surface area contributed by atoms with Gasteiger partial charge in [-0.25, -0.2) is 0 Å². The van der Waals surface area contributed by atoms with E-state index in [4.69, 9.17) is 11.6 Å². The van der Waals surface area contributed by atoms with Crippen molar-refractivity contribution >= 4 is 40.2 Å². The predicted molar refractivity (Wildman–Crippen MR) is 125 cm³/mol. The Hall–Kier alpha value is -4.17. The van der Waals surface area contributed by atoms with Crippen molar-refractivity contribution in [1.29, 1.82) is 0 Å². The zero-order valence-corrected chi connectivity index (χ0v) is 18.1. The zero-order chi connectivity index (χ0) is 23.2. The maximum atomic E-state index is 13.0. The highest BCUT2D eigenvalue weighted by molar-refractivity contribution is 6.33. The first kappa shape index (κ1) is 22.0. The van der Waals surface area contributed by atoms with Gasteiger partial charge in [-0.2, -0.15) is 0 Å². The van der Waals surface area contributed by atoms with Gasteiger partial charge in [0.05, 0.1) is 10.6 Å². The van der Waals surface area contributed by atoms with Gasteiger partial charge in [0.25, 0.3) is 17.7 Å². The SMILES string of the molecule is O=C(NNC(=O)[C@@H](Cc1c[nH]c2ccccc12)NC(=O)c1ccccc1Cl)c1ccccn1. The lowest BCUT2D eigenvalue weighted by atomic mass is 10.0. The van der Waals surface area contributed by atoms with Crippen molar-refractivity contribution in [3.63, 3.8) is 0 Å². The summed E-state index contributed by atoms with van der Waals surface area (Å²) in [5.41, 5.74) is 6.84. The first-order valence-electron chi connectivity index (χ1n) is 10.1. The lowest BCUT2D eigenvalue weighted by Gasteiger charge is -2.19. The molecule has 9 heteroatoms. The Morgan fingerprint density at radius 2 is 1.67 bits per heavy atom. The number of fused-ring (bicyclic) bond motifs is 1. The molecule has 8 nitrogen and oxygen atoms in total. The fourth-order valence-electron chi connectivity index (χ4n) is 3.38. The second-order valence-corrected chi connectivity index (χ2v) is 7.64. The summed E-state index contributed by atoms with van der Waals surface area (Å²) < 4.78 is 0. The summed E-state index contributed by atoms with van der Waals surface area (Å²) in [4.78, 5) is 45.2. The standard InChI is InChI=1S/C24H20ClN5O3/c25-18-9-3-1-8-17(18)22(31)28-21(13-15-14-27-19-10-4-2-7-16(15)19)24(33)30-29-23(32)20-11-5-6-12-26-20/h1-12,14,21,27H,13H2,(H,28,31)(H,29,32)(H,30,33)/t21-/m1/s1. The number of aromatic nitrogens is 2. The van der Waals surface area contributed by atoms with E-state index in [2.05, 4.69) is 26.1 Å². The van der Waals surface area contributed by atoms with E-state index in [9.17, 15) is 14.4 Å². The number of hydrazine groups is 1. The molecule has 3 amide bonds. The number of carbonyl (C=O) groups excluding carboxylic acids is 3. The van der Waals surface area contributed by atoms with Crippen LogP contribution >= 0.6 is 11.6 Å². The molecule has 4 rings (SSSR count). The average molecular weight is 462 g/mol. The van der Waals surface area contributed by atoms with E-state index in [-0.39, 0.29) is 22.7 Å². The number of benzene rings is 2. The molecule has 2 aromatic heterocycles. The highest BCUT2D eigenvalue weighted by atomic mass is 35.5. The number of nitrogens with zero attached hydrogens (tertiary/aromatic N) is 1. The number of H-pyrrole nitrogens is 1. The number of aromatic amines is 1. The maximum Gasteiger partial charge on any atom is 0.288 e. The molecule has 0 bridgehead atoms.